The molecule has 1 aromatic heterocycles. The molecule has 25 heavy (non-hydrogen) atoms. The normalized spacial score (nSPS) is 11.4. The first kappa shape index (κ1) is 16.4. The quantitative estimate of drug-likeness (QED) is 0.569. The Bertz CT molecular complexity index is 890. The van der Waals surface area contributed by atoms with Gasteiger partial charge in [-0.05, 0) is 52.7 Å². The number of aromatic nitrogens is 4. The second-order valence-electron chi connectivity index (χ2n) is 5.34. The topological polar surface area (TPSA) is 85.1 Å². The van der Waals surface area contributed by atoms with Gasteiger partial charge in [-0.1, -0.05) is 24.3 Å². The summed E-state index contributed by atoms with van der Waals surface area (Å²) in [4.78, 5) is 11.9. The zero-order chi connectivity index (χ0) is 17.6. The summed E-state index contributed by atoms with van der Waals surface area (Å²) in [5, 5.41) is 15.1. The second-order valence-corrected chi connectivity index (χ2v) is 5.34. The summed E-state index contributed by atoms with van der Waals surface area (Å²) in [6.45, 7) is 1.79. The number of rotatable bonds is 5. The molecular formula is C17H15FN6O. The van der Waals surface area contributed by atoms with Gasteiger partial charge in [-0.25, -0.2) is 14.5 Å². The van der Waals surface area contributed by atoms with E-state index in [4.69, 9.17) is 0 Å². The fourth-order valence-corrected chi connectivity index (χ4v) is 2.19. The number of halogens is 1. The van der Waals surface area contributed by atoms with Crippen LogP contribution in [-0.4, -0.2) is 31.8 Å². The molecular weight excluding hydrogens is 323 g/mol. The summed E-state index contributed by atoms with van der Waals surface area (Å²) < 4.78 is 14.4. The van der Waals surface area contributed by atoms with Crippen LogP contribution in [0.1, 0.15) is 18.1 Å². The summed E-state index contributed by atoms with van der Waals surface area (Å²) in [5.41, 5.74) is 5.48. The van der Waals surface area contributed by atoms with Crippen molar-refractivity contribution in [3.8, 4) is 5.69 Å². The largest absolute Gasteiger partial charge is 0.273 e. The number of hydrogen-bond donors (Lipinski definition) is 1. The van der Waals surface area contributed by atoms with Gasteiger partial charge in [0.05, 0.1) is 17.8 Å². The van der Waals surface area contributed by atoms with E-state index in [-0.39, 0.29) is 18.1 Å². The van der Waals surface area contributed by atoms with Crippen LogP contribution in [0.2, 0.25) is 0 Å². The number of amides is 1. The van der Waals surface area contributed by atoms with Gasteiger partial charge in [0, 0.05) is 0 Å². The first-order valence-corrected chi connectivity index (χ1v) is 7.53. The van der Waals surface area contributed by atoms with Crippen LogP contribution in [0.25, 0.3) is 5.69 Å². The second kappa shape index (κ2) is 7.43. The molecule has 1 amide bonds. The Morgan fingerprint density at radius 3 is 2.76 bits per heavy atom. The zero-order valence-corrected chi connectivity index (χ0v) is 13.4. The molecule has 7 nitrogen and oxygen atoms in total. The van der Waals surface area contributed by atoms with Crippen LogP contribution in [0.4, 0.5) is 4.39 Å². The molecule has 0 aliphatic carbocycles. The molecule has 1 N–H and O–H groups in total. The van der Waals surface area contributed by atoms with Gasteiger partial charge in [-0.3, -0.25) is 4.79 Å². The lowest BCUT2D eigenvalue weighted by Gasteiger charge is -2.05. The van der Waals surface area contributed by atoms with Crippen molar-refractivity contribution in [1.29, 1.82) is 0 Å². The Labute approximate surface area is 143 Å². The number of nitrogens with zero attached hydrogens (tertiary/aromatic N) is 5. The molecule has 1 heterocycles. The average molecular weight is 338 g/mol. The molecule has 0 aliphatic rings. The fraction of sp³-hybridized carbons (Fsp3) is 0.118. The van der Waals surface area contributed by atoms with Gasteiger partial charge in [-0.15, -0.1) is 5.10 Å². The Hall–Kier alpha value is -3.42. The van der Waals surface area contributed by atoms with Gasteiger partial charge in [0.15, 0.2) is 0 Å². The molecule has 0 atom stereocenters. The van der Waals surface area contributed by atoms with E-state index in [0.29, 0.717) is 11.3 Å². The van der Waals surface area contributed by atoms with Gasteiger partial charge in [0.1, 0.15) is 12.1 Å². The summed E-state index contributed by atoms with van der Waals surface area (Å²) in [6, 6.07) is 13.2. The molecule has 0 spiro atoms. The van der Waals surface area contributed by atoms with E-state index in [1.165, 1.54) is 23.1 Å². The first-order valence-electron chi connectivity index (χ1n) is 7.53. The van der Waals surface area contributed by atoms with Crippen molar-refractivity contribution < 1.29 is 9.18 Å². The Morgan fingerprint density at radius 1 is 1.24 bits per heavy atom. The maximum Gasteiger partial charge on any atom is 0.244 e. The molecule has 0 saturated carbocycles. The van der Waals surface area contributed by atoms with E-state index in [9.17, 15) is 9.18 Å². The predicted molar refractivity (Wildman–Crippen MR) is 89.6 cm³/mol. The number of nitrogens with one attached hydrogen (secondary N) is 1. The van der Waals surface area contributed by atoms with E-state index in [2.05, 4.69) is 26.1 Å². The summed E-state index contributed by atoms with van der Waals surface area (Å²) in [5.74, 6) is -0.608. The Kier molecular flexibility index (Phi) is 4.89. The Morgan fingerprint density at radius 2 is 2.04 bits per heavy atom. The van der Waals surface area contributed by atoms with E-state index in [0.717, 1.165) is 11.3 Å². The van der Waals surface area contributed by atoms with Gasteiger partial charge in [0.25, 0.3) is 0 Å². The Balaban J connectivity index is 1.66. The van der Waals surface area contributed by atoms with E-state index in [1.807, 2.05) is 24.3 Å². The lowest BCUT2D eigenvalue weighted by Crippen LogP contribution is -2.21. The van der Waals surface area contributed by atoms with Crippen molar-refractivity contribution in [2.45, 2.75) is 13.3 Å². The summed E-state index contributed by atoms with van der Waals surface area (Å²) >= 11 is 0. The van der Waals surface area contributed by atoms with Crippen molar-refractivity contribution in [3.05, 3.63) is 71.8 Å². The van der Waals surface area contributed by atoms with Crippen molar-refractivity contribution in [3.63, 3.8) is 0 Å². The van der Waals surface area contributed by atoms with Gasteiger partial charge >= 0.3 is 0 Å². The van der Waals surface area contributed by atoms with E-state index in [1.54, 1.807) is 19.1 Å². The van der Waals surface area contributed by atoms with Crippen LogP contribution in [0.3, 0.4) is 0 Å². The van der Waals surface area contributed by atoms with Crippen molar-refractivity contribution >= 4 is 11.6 Å². The van der Waals surface area contributed by atoms with E-state index >= 15 is 0 Å². The number of hydrogen-bond acceptors (Lipinski definition) is 5. The number of benzene rings is 2. The summed E-state index contributed by atoms with van der Waals surface area (Å²) in [7, 11) is 0. The number of carbonyl (C=O) groups excluding carboxylic acids is 1. The summed E-state index contributed by atoms with van der Waals surface area (Å²) in [6.07, 6.45) is 1.62. The predicted octanol–water partition coefficient (Wildman–Crippen LogP) is 1.88. The third kappa shape index (κ3) is 4.31. The molecule has 0 aliphatic heterocycles. The molecule has 0 unspecified atom stereocenters. The van der Waals surface area contributed by atoms with E-state index < -0.39 is 0 Å². The van der Waals surface area contributed by atoms with Crippen LogP contribution in [0.5, 0.6) is 0 Å². The SMILES string of the molecule is C/C(=N\NC(=O)Cc1ccc(F)cc1)c1cccc(-n2cnnn2)c1. The molecule has 0 bridgehead atoms. The van der Waals surface area contributed by atoms with Gasteiger partial charge in [0.2, 0.25) is 5.91 Å². The van der Waals surface area contributed by atoms with Crippen molar-refractivity contribution in [2.75, 3.05) is 0 Å². The molecule has 3 rings (SSSR count). The number of tetrazole rings is 1. The highest BCUT2D eigenvalue weighted by Gasteiger charge is 2.05. The van der Waals surface area contributed by atoms with Crippen molar-refractivity contribution in [2.24, 2.45) is 5.10 Å². The van der Waals surface area contributed by atoms with Crippen LogP contribution < -0.4 is 5.43 Å². The molecule has 0 radical (unpaired) electrons. The van der Waals surface area contributed by atoms with Gasteiger partial charge in [-0.2, -0.15) is 5.10 Å². The van der Waals surface area contributed by atoms with Crippen LogP contribution in [0.15, 0.2) is 60.0 Å². The molecule has 2 aromatic carbocycles. The fourth-order valence-electron chi connectivity index (χ4n) is 2.19. The molecule has 3 aromatic rings. The molecule has 0 fully saturated rings. The minimum Gasteiger partial charge on any atom is -0.273 e. The molecule has 0 saturated heterocycles. The first-order chi connectivity index (χ1) is 12.1. The highest BCUT2D eigenvalue weighted by atomic mass is 19.1. The lowest BCUT2D eigenvalue weighted by molar-refractivity contribution is -0.120. The standard InChI is InChI=1S/C17H15FN6O/c1-12(14-3-2-4-16(10-14)24-11-19-22-23-24)20-21-17(25)9-13-5-7-15(18)8-6-13/h2-8,10-11H,9H2,1H3,(H,21,25)/b20-12+. The van der Waals surface area contributed by atoms with Crippen LogP contribution in [-0.2, 0) is 11.2 Å². The number of hydrazone groups is 1. The minimum absolute atomic E-state index is 0.127. The van der Waals surface area contributed by atoms with Crippen LogP contribution in [0, 0.1) is 5.82 Å². The van der Waals surface area contributed by atoms with Crippen LogP contribution >= 0.6 is 0 Å². The molecule has 8 heteroatoms. The maximum atomic E-state index is 12.9. The number of carbonyl (C=O) groups is 1. The van der Waals surface area contributed by atoms with Crippen molar-refractivity contribution in [1.82, 2.24) is 25.6 Å². The average Bonchev–Trinajstić information content (AvgIpc) is 3.16. The lowest BCUT2D eigenvalue weighted by atomic mass is 10.1. The van der Waals surface area contributed by atoms with Gasteiger partial charge < -0.3 is 0 Å². The smallest absolute Gasteiger partial charge is 0.244 e. The third-order valence-electron chi connectivity index (χ3n) is 3.50. The molecule has 126 valence electrons. The third-order valence-corrected chi connectivity index (χ3v) is 3.50. The maximum absolute atomic E-state index is 12.9. The zero-order valence-electron chi connectivity index (χ0n) is 13.4. The highest BCUT2D eigenvalue weighted by Crippen LogP contribution is 2.10. The minimum atomic E-state index is -0.333. The monoisotopic (exact) mass is 338 g/mol. The highest BCUT2D eigenvalue weighted by molar-refractivity contribution is 5.99.